The summed E-state index contributed by atoms with van der Waals surface area (Å²) in [5, 5.41) is 26.8. The molecule has 8 unspecified atom stereocenters. The minimum Gasteiger partial charge on any atom is -0.493 e. The lowest BCUT2D eigenvalue weighted by molar-refractivity contribution is -0.228. The van der Waals surface area contributed by atoms with Crippen molar-refractivity contribution in [2.24, 2.45) is 17.8 Å². The van der Waals surface area contributed by atoms with E-state index in [1.807, 2.05) is 59.7 Å². The van der Waals surface area contributed by atoms with E-state index in [2.05, 4.69) is 9.88 Å². The number of ether oxygens (including phenoxy) is 7. The third-order valence-electron chi connectivity index (χ3n) is 15.8. The van der Waals surface area contributed by atoms with E-state index in [1.54, 1.807) is 38.6 Å². The Kier molecular flexibility index (Phi) is 24.5. The van der Waals surface area contributed by atoms with E-state index in [0.717, 1.165) is 56.9 Å². The van der Waals surface area contributed by atoms with Crippen molar-refractivity contribution < 1.29 is 67.7 Å². The lowest BCUT2D eigenvalue weighted by atomic mass is 9.73. The fraction of sp³-hybridized carbons (Fsp3) is 0.727. The highest BCUT2D eigenvalue weighted by Crippen LogP contribution is 2.48. The number of aliphatic hydroxyl groups excluding tert-OH is 3. The van der Waals surface area contributed by atoms with Crippen LogP contribution in [0.25, 0.3) is 0 Å². The summed E-state index contributed by atoms with van der Waals surface area (Å²) in [6, 6.07) is 5.28. The smallest absolute Gasteiger partial charge is 0.320 e. The Hall–Kier alpha value is -3.66. The molecule has 5 heterocycles. The second-order valence-corrected chi connectivity index (χ2v) is 23.0. The number of hydrogen-bond acceptors (Lipinski definition) is 17. The van der Waals surface area contributed by atoms with Crippen LogP contribution in [0.4, 0.5) is 10.5 Å². The Morgan fingerprint density at radius 1 is 0.947 bits per heavy atom. The maximum atomic E-state index is 14.1. The van der Waals surface area contributed by atoms with Gasteiger partial charge in [0.05, 0.1) is 60.1 Å². The molecule has 1 aromatic carbocycles. The molecule has 2 aromatic rings. The number of carbonyl (C=O) groups excluding carboxylic acids is 4. The maximum absolute atomic E-state index is 14.1. The number of fused-ring (bicyclic) bond motifs is 1. The van der Waals surface area contributed by atoms with Gasteiger partial charge in [-0.25, -0.2) is 4.79 Å². The average Bonchev–Trinajstić information content (AvgIpc) is 4.03. The fourth-order valence-electron chi connectivity index (χ4n) is 11.0. The Morgan fingerprint density at radius 2 is 1.62 bits per heavy atom. The normalized spacial score (nSPS) is 30.5. The van der Waals surface area contributed by atoms with Gasteiger partial charge in [-0.05, 0) is 97.1 Å². The number of halogens is 2. The lowest BCUT2D eigenvalue weighted by Gasteiger charge is -2.42. The first-order valence-corrected chi connectivity index (χ1v) is 28.6. The van der Waals surface area contributed by atoms with Crippen molar-refractivity contribution in [2.45, 2.75) is 172 Å². The number of hydrogen-bond donors (Lipinski definition) is 3. The number of aromatic nitrogens is 1. The van der Waals surface area contributed by atoms with Crippen molar-refractivity contribution in [3.63, 3.8) is 0 Å². The van der Waals surface area contributed by atoms with Gasteiger partial charge in [0, 0.05) is 101 Å². The van der Waals surface area contributed by atoms with Crippen molar-refractivity contribution in [3.8, 4) is 11.5 Å². The fourth-order valence-corrected chi connectivity index (χ4v) is 12.9. The highest BCUT2D eigenvalue weighted by molar-refractivity contribution is 8.00. The number of likely N-dealkylation sites (N-methyl/N-ethyl adjacent to an activating group) is 1. The zero-order valence-electron chi connectivity index (χ0n) is 46.2. The number of Topliss-reactive ketones (excluding diaryl/α,β-unsaturated/α-hetero) is 1. The molecular weight excluding hydrogens is 1040 g/mol. The number of cyclic esters (lactones) is 1. The standard InChI is InChI=1S/C42H58Cl2N2O8S.C12H22N2O5.CH4O/c1-8-36-42(5)37(27(3)33(47)17-19-41(4,51-7)18-11-12-26(2)39(48)53-36)38(40(49)54-42)55-21-20-46(25-30-31(43)23-45-24-32(30)44)28-15-16-34(50-6)35(22-28)52-29-13-9-10-14-29;1-8-7-9(10(15)11(16)19-8)13(2)12(17)14-3-5-18-6-4-14;1-2/h15-16,22-24,26-27,29,36-38H,8-14,17-21,25H2,1-7H3;8-11,15-16H,3-7H2,1-2H3;2H,1H3/t26?,27?,36-,37?,38?,41?,42-;8?,9?,10-,11?;/m11./s1. The topological polar surface area (TPSA) is 216 Å². The number of morpholine rings is 1. The van der Waals surface area contributed by atoms with Crippen LogP contribution in [-0.4, -0.2) is 174 Å². The Morgan fingerprint density at radius 3 is 2.25 bits per heavy atom. The molecule has 1 aromatic heterocycles. The van der Waals surface area contributed by atoms with Crippen LogP contribution in [0.15, 0.2) is 30.6 Å². The van der Waals surface area contributed by atoms with Gasteiger partial charge in [-0.2, -0.15) is 0 Å². The van der Waals surface area contributed by atoms with E-state index in [9.17, 15) is 29.4 Å². The van der Waals surface area contributed by atoms with E-state index in [0.29, 0.717) is 98.8 Å². The van der Waals surface area contributed by atoms with E-state index in [4.69, 9.17) is 61.5 Å². The predicted octanol–water partition coefficient (Wildman–Crippen LogP) is 8.13. The molecule has 428 valence electrons. The minimum atomic E-state index is -1.24. The van der Waals surface area contributed by atoms with Gasteiger partial charge >= 0.3 is 18.0 Å². The third-order valence-corrected chi connectivity index (χ3v) is 17.7. The van der Waals surface area contributed by atoms with Gasteiger partial charge < -0.3 is 63.2 Å². The minimum absolute atomic E-state index is 0.0339. The van der Waals surface area contributed by atoms with Gasteiger partial charge in [-0.15, -0.1) is 11.8 Å². The number of amides is 2. The summed E-state index contributed by atoms with van der Waals surface area (Å²) in [5.74, 6) is -0.326. The Bertz CT molecular complexity index is 2190. The molecule has 4 aliphatic heterocycles. The van der Waals surface area contributed by atoms with E-state index < -0.39 is 58.8 Å². The van der Waals surface area contributed by atoms with Crippen molar-refractivity contribution in [3.05, 3.63) is 46.2 Å². The number of anilines is 1. The number of carbonyl (C=O) groups is 4. The average molecular weight is 1130 g/mol. The molecule has 7 rings (SSSR count). The third kappa shape index (κ3) is 16.0. The molecule has 1 aliphatic carbocycles. The number of pyridine rings is 1. The molecule has 4 saturated heterocycles. The van der Waals surface area contributed by atoms with Gasteiger partial charge in [0.1, 0.15) is 23.2 Å². The number of nitrogens with zero attached hydrogens (tertiary/aromatic N) is 4. The zero-order chi connectivity index (χ0) is 55.9. The molecule has 2 amide bonds. The van der Waals surface area contributed by atoms with Crippen LogP contribution in [0.3, 0.4) is 0 Å². The number of urea groups is 1. The molecule has 5 aliphatic rings. The van der Waals surface area contributed by atoms with Gasteiger partial charge in [0.2, 0.25) is 0 Å². The monoisotopic (exact) mass is 1130 g/mol. The van der Waals surface area contributed by atoms with Gasteiger partial charge in [-0.3, -0.25) is 19.4 Å². The number of esters is 2. The highest BCUT2D eigenvalue weighted by Gasteiger charge is 2.60. The Labute approximate surface area is 464 Å². The van der Waals surface area contributed by atoms with Crippen LogP contribution < -0.4 is 14.4 Å². The van der Waals surface area contributed by atoms with Crippen LogP contribution >= 0.6 is 35.0 Å². The quantitative estimate of drug-likeness (QED) is 0.161. The van der Waals surface area contributed by atoms with Crippen molar-refractivity contribution in [1.29, 1.82) is 0 Å². The summed E-state index contributed by atoms with van der Waals surface area (Å²) in [4.78, 5) is 63.3. The molecule has 3 N–H and O–H groups in total. The van der Waals surface area contributed by atoms with E-state index in [1.165, 1.54) is 16.7 Å². The van der Waals surface area contributed by atoms with Crippen LogP contribution in [0.5, 0.6) is 11.5 Å². The van der Waals surface area contributed by atoms with Crippen molar-refractivity contribution in [2.75, 3.05) is 71.9 Å². The van der Waals surface area contributed by atoms with Gasteiger partial charge in [0.15, 0.2) is 23.4 Å². The molecule has 5 fully saturated rings. The first-order valence-electron chi connectivity index (χ1n) is 26.8. The molecular formula is C55H84Cl2N4O14S. The lowest BCUT2D eigenvalue weighted by Crippen LogP contribution is -2.58. The van der Waals surface area contributed by atoms with Crippen molar-refractivity contribution in [1.82, 2.24) is 14.8 Å². The van der Waals surface area contributed by atoms with Crippen LogP contribution in [-0.2, 0) is 44.6 Å². The second kappa shape index (κ2) is 29.5. The molecule has 76 heavy (non-hydrogen) atoms. The number of methoxy groups -OCH3 is 2. The van der Waals surface area contributed by atoms with Crippen LogP contribution in [0, 0.1) is 17.8 Å². The summed E-state index contributed by atoms with van der Waals surface area (Å²) in [5.41, 5.74) is -0.127. The molecule has 21 heteroatoms. The second-order valence-electron chi connectivity index (χ2n) is 20.9. The first kappa shape index (κ1) is 63.2. The molecule has 18 nitrogen and oxygen atoms in total. The number of benzene rings is 1. The number of ketones is 1. The number of thioether (sulfide) groups is 1. The number of rotatable bonds is 13. The highest BCUT2D eigenvalue weighted by atomic mass is 35.5. The Balaban J connectivity index is 0.000000423. The predicted molar refractivity (Wildman–Crippen MR) is 292 cm³/mol. The SMILES string of the molecule is CC1CC(N(C)C(=O)N2CCOCC2)[C@@H](O)C(O)O1.CC[C@H]1OC(=O)C(C)CCCC(C)(OC)CCC(=O)C(C)C2C(SCCN(Cc3c(Cl)cncc3Cl)c3ccc(OC)c(OC4CCCC4)c3)C(=O)O[C@@]21C.CO. The summed E-state index contributed by atoms with van der Waals surface area (Å²) in [6.45, 7) is 14.4. The molecule has 0 radical (unpaired) electrons. The van der Waals surface area contributed by atoms with E-state index in [-0.39, 0.29) is 35.9 Å². The van der Waals surface area contributed by atoms with Gasteiger partial charge in [-0.1, -0.05) is 44.0 Å². The number of aliphatic hydroxyl groups is 3. The van der Waals surface area contributed by atoms with Crippen LogP contribution in [0.2, 0.25) is 10.0 Å². The summed E-state index contributed by atoms with van der Waals surface area (Å²) in [7, 11) is 5.95. The van der Waals surface area contributed by atoms with Crippen molar-refractivity contribution >= 4 is 64.4 Å². The molecule has 11 atom stereocenters. The first-order chi connectivity index (χ1) is 36.2. The van der Waals surface area contributed by atoms with E-state index >= 15 is 0 Å². The van der Waals surface area contributed by atoms with Gasteiger partial charge in [0.25, 0.3) is 0 Å². The summed E-state index contributed by atoms with van der Waals surface area (Å²) >= 11 is 14.7. The maximum Gasteiger partial charge on any atom is 0.320 e. The molecule has 1 saturated carbocycles. The summed E-state index contributed by atoms with van der Waals surface area (Å²) in [6.07, 6.45) is 8.22. The summed E-state index contributed by atoms with van der Waals surface area (Å²) < 4.78 is 40.8. The molecule has 0 bridgehead atoms. The zero-order valence-corrected chi connectivity index (χ0v) is 48.5. The van der Waals surface area contributed by atoms with Crippen LogP contribution in [0.1, 0.15) is 118 Å². The molecule has 0 spiro atoms. The largest absolute Gasteiger partial charge is 0.493 e.